The van der Waals surface area contributed by atoms with Gasteiger partial charge in [-0.3, -0.25) is 5.32 Å². The molecule has 0 saturated heterocycles. The van der Waals surface area contributed by atoms with Crippen LogP contribution in [0.15, 0.2) is 18.3 Å². The molecule has 0 atom stereocenters. The molecule has 0 aromatic carbocycles. The minimum Gasteiger partial charge on any atom is -0.444 e. The number of hydrogen-bond acceptors (Lipinski definition) is 3. The molecule has 1 amide bonds. The van der Waals surface area contributed by atoms with Crippen molar-refractivity contribution >= 4 is 11.9 Å². The molecule has 0 unspecified atom stereocenters. The Bertz CT molecular complexity index is 436. The van der Waals surface area contributed by atoms with Crippen molar-refractivity contribution in [3.8, 4) is 0 Å². The predicted octanol–water partition coefficient (Wildman–Crippen LogP) is 3.54. The van der Waals surface area contributed by atoms with E-state index in [9.17, 15) is 13.6 Å². The zero-order valence-electron chi connectivity index (χ0n) is 10.8. The van der Waals surface area contributed by atoms with Crippen LogP contribution in [0.3, 0.4) is 0 Å². The lowest BCUT2D eigenvalue weighted by Crippen LogP contribution is -2.27. The monoisotopic (exact) mass is 258 g/mol. The van der Waals surface area contributed by atoms with Crippen LogP contribution in [0.5, 0.6) is 0 Å². The van der Waals surface area contributed by atoms with Gasteiger partial charge in [0.2, 0.25) is 0 Å². The average Bonchev–Trinajstić information content (AvgIpc) is 2.13. The predicted molar refractivity (Wildman–Crippen MR) is 63.7 cm³/mol. The van der Waals surface area contributed by atoms with Crippen LogP contribution < -0.4 is 5.32 Å². The van der Waals surface area contributed by atoms with Gasteiger partial charge in [0.25, 0.3) is 5.92 Å². The lowest BCUT2D eigenvalue weighted by Gasteiger charge is -2.19. The van der Waals surface area contributed by atoms with Crippen molar-refractivity contribution in [1.82, 2.24) is 4.98 Å². The number of carbonyl (C=O) groups is 1. The summed E-state index contributed by atoms with van der Waals surface area (Å²) in [4.78, 5) is 15.2. The molecule has 0 aliphatic carbocycles. The first kappa shape index (κ1) is 14.3. The number of rotatable bonds is 2. The average molecular weight is 258 g/mol. The normalized spacial score (nSPS) is 12.1. The van der Waals surface area contributed by atoms with Gasteiger partial charge < -0.3 is 4.74 Å². The van der Waals surface area contributed by atoms with Crippen LogP contribution in [0.1, 0.15) is 33.3 Å². The third kappa shape index (κ3) is 4.65. The van der Waals surface area contributed by atoms with Gasteiger partial charge >= 0.3 is 6.09 Å². The van der Waals surface area contributed by atoms with Gasteiger partial charge in [0, 0.05) is 18.7 Å². The molecule has 1 aromatic heterocycles. The maximum atomic E-state index is 13.1. The molecule has 1 aromatic rings. The van der Waals surface area contributed by atoms with E-state index in [1.807, 2.05) is 0 Å². The molecule has 0 saturated carbocycles. The summed E-state index contributed by atoms with van der Waals surface area (Å²) < 4.78 is 31.1. The summed E-state index contributed by atoms with van der Waals surface area (Å²) in [6.07, 6.45) is 0.478. The van der Waals surface area contributed by atoms with Gasteiger partial charge in [0.05, 0.1) is 0 Å². The zero-order chi connectivity index (χ0) is 14.0. The summed E-state index contributed by atoms with van der Waals surface area (Å²) in [7, 11) is 0. The number of ether oxygens (including phenoxy) is 1. The first-order valence-electron chi connectivity index (χ1n) is 5.42. The van der Waals surface area contributed by atoms with E-state index in [2.05, 4.69) is 10.3 Å². The lowest BCUT2D eigenvalue weighted by molar-refractivity contribution is 0.0174. The SMILES string of the molecule is CC(C)(C)OC(=O)Nc1cc(C(C)(F)F)ccn1. The summed E-state index contributed by atoms with van der Waals surface area (Å²) in [6, 6.07) is 2.31. The number of carbonyl (C=O) groups excluding carboxylic acids is 1. The van der Waals surface area contributed by atoms with E-state index in [1.165, 1.54) is 12.3 Å². The third-order valence-corrected chi connectivity index (χ3v) is 1.90. The second kappa shape index (κ2) is 4.88. The molecule has 0 aliphatic rings. The maximum Gasteiger partial charge on any atom is 0.413 e. The number of hydrogen-bond donors (Lipinski definition) is 1. The van der Waals surface area contributed by atoms with Gasteiger partial charge in [-0.05, 0) is 32.9 Å². The number of aromatic nitrogens is 1. The Hall–Kier alpha value is -1.72. The van der Waals surface area contributed by atoms with E-state index < -0.39 is 17.6 Å². The molecule has 1 heterocycles. The summed E-state index contributed by atoms with van der Waals surface area (Å²) >= 11 is 0. The van der Waals surface area contributed by atoms with Crippen molar-refractivity contribution in [2.24, 2.45) is 0 Å². The van der Waals surface area contributed by atoms with E-state index in [4.69, 9.17) is 4.74 Å². The maximum absolute atomic E-state index is 13.1. The van der Waals surface area contributed by atoms with Gasteiger partial charge in [0.15, 0.2) is 0 Å². The highest BCUT2D eigenvalue weighted by Gasteiger charge is 2.25. The molecular formula is C12H16F2N2O2. The van der Waals surface area contributed by atoms with Gasteiger partial charge in [-0.1, -0.05) is 0 Å². The quantitative estimate of drug-likeness (QED) is 0.882. The molecule has 0 bridgehead atoms. The summed E-state index contributed by atoms with van der Waals surface area (Å²) in [6.45, 7) is 5.89. The molecule has 18 heavy (non-hydrogen) atoms. The highest BCUT2D eigenvalue weighted by atomic mass is 19.3. The number of pyridine rings is 1. The van der Waals surface area contributed by atoms with Crippen LogP contribution in [0.25, 0.3) is 0 Å². The standard InChI is InChI=1S/C12H16F2N2O2/c1-11(2,3)18-10(17)16-9-7-8(5-6-15-9)12(4,13)14/h5-7H,1-4H3,(H,15,16,17). The Morgan fingerprint density at radius 2 is 1.94 bits per heavy atom. The van der Waals surface area contributed by atoms with Crippen LogP contribution in [0, 0.1) is 0 Å². The molecule has 100 valence electrons. The van der Waals surface area contributed by atoms with Gasteiger partial charge in [-0.25, -0.2) is 18.6 Å². The van der Waals surface area contributed by atoms with Gasteiger partial charge in [-0.2, -0.15) is 0 Å². The highest BCUT2D eigenvalue weighted by Crippen LogP contribution is 2.27. The van der Waals surface area contributed by atoms with E-state index >= 15 is 0 Å². The van der Waals surface area contributed by atoms with Crippen LogP contribution in [-0.4, -0.2) is 16.7 Å². The molecule has 1 rings (SSSR count). The highest BCUT2D eigenvalue weighted by molar-refractivity contribution is 5.83. The van der Waals surface area contributed by atoms with Crippen molar-refractivity contribution in [3.05, 3.63) is 23.9 Å². The number of alkyl halides is 2. The molecular weight excluding hydrogens is 242 g/mol. The Morgan fingerprint density at radius 1 is 1.33 bits per heavy atom. The molecule has 0 fully saturated rings. The number of halogens is 2. The first-order chi connectivity index (χ1) is 8.08. The van der Waals surface area contributed by atoms with Crippen LogP contribution in [-0.2, 0) is 10.7 Å². The summed E-state index contributed by atoms with van der Waals surface area (Å²) in [5, 5.41) is 2.31. The van der Waals surface area contributed by atoms with Crippen molar-refractivity contribution < 1.29 is 18.3 Å². The Morgan fingerprint density at radius 3 is 2.44 bits per heavy atom. The summed E-state index contributed by atoms with van der Waals surface area (Å²) in [5.74, 6) is -2.95. The topological polar surface area (TPSA) is 51.2 Å². The molecule has 0 spiro atoms. The summed E-state index contributed by atoms with van der Waals surface area (Å²) in [5.41, 5.74) is -0.875. The first-order valence-corrected chi connectivity index (χ1v) is 5.42. The van der Waals surface area contributed by atoms with E-state index in [-0.39, 0.29) is 11.4 Å². The fourth-order valence-electron chi connectivity index (χ4n) is 1.18. The number of anilines is 1. The second-order valence-corrected chi connectivity index (χ2v) is 4.95. The third-order valence-electron chi connectivity index (χ3n) is 1.90. The van der Waals surface area contributed by atoms with Crippen molar-refractivity contribution in [1.29, 1.82) is 0 Å². The molecule has 6 heteroatoms. The van der Waals surface area contributed by atoms with Gasteiger partial charge in [-0.15, -0.1) is 0 Å². The van der Waals surface area contributed by atoms with Crippen LogP contribution in [0.2, 0.25) is 0 Å². The second-order valence-electron chi connectivity index (χ2n) is 4.95. The van der Waals surface area contributed by atoms with E-state index in [0.29, 0.717) is 0 Å². The van der Waals surface area contributed by atoms with Crippen LogP contribution in [0.4, 0.5) is 19.4 Å². The zero-order valence-corrected chi connectivity index (χ0v) is 10.8. The molecule has 0 radical (unpaired) electrons. The minimum atomic E-state index is -2.98. The molecule has 0 aliphatic heterocycles. The Labute approximate surface area is 104 Å². The van der Waals surface area contributed by atoms with Crippen molar-refractivity contribution in [2.75, 3.05) is 5.32 Å². The lowest BCUT2D eigenvalue weighted by atomic mass is 10.1. The molecule has 4 nitrogen and oxygen atoms in total. The Kier molecular flexibility index (Phi) is 3.88. The van der Waals surface area contributed by atoms with Crippen LogP contribution >= 0.6 is 0 Å². The number of amides is 1. The van der Waals surface area contributed by atoms with Crippen molar-refractivity contribution in [2.45, 2.75) is 39.2 Å². The number of nitrogens with zero attached hydrogens (tertiary/aromatic N) is 1. The smallest absolute Gasteiger partial charge is 0.413 e. The Balaban J connectivity index is 2.77. The van der Waals surface area contributed by atoms with Crippen molar-refractivity contribution in [3.63, 3.8) is 0 Å². The van der Waals surface area contributed by atoms with Gasteiger partial charge in [0.1, 0.15) is 11.4 Å². The van der Waals surface area contributed by atoms with E-state index in [0.717, 1.165) is 13.0 Å². The molecule has 1 N–H and O–H groups in total. The number of nitrogens with one attached hydrogen (secondary N) is 1. The largest absolute Gasteiger partial charge is 0.444 e. The van der Waals surface area contributed by atoms with E-state index in [1.54, 1.807) is 20.8 Å². The minimum absolute atomic E-state index is 0.0308. The fourth-order valence-corrected chi connectivity index (χ4v) is 1.18. The fraction of sp³-hybridized carbons (Fsp3) is 0.500.